The molecular formula is C16H18F3N3OS. The molecule has 0 atom stereocenters. The summed E-state index contributed by atoms with van der Waals surface area (Å²) < 4.78 is 40.7. The molecular weight excluding hydrogens is 339 g/mol. The number of amides is 1. The Bertz CT molecular complexity index is 707. The molecule has 0 bridgehead atoms. The molecule has 0 aromatic carbocycles. The van der Waals surface area contributed by atoms with Crippen molar-refractivity contribution in [1.29, 1.82) is 0 Å². The van der Waals surface area contributed by atoms with E-state index >= 15 is 0 Å². The first kappa shape index (κ1) is 17.0. The highest BCUT2D eigenvalue weighted by molar-refractivity contribution is 7.10. The Balaban J connectivity index is 1.63. The lowest BCUT2D eigenvalue weighted by atomic mass is 9.95. The Morgan fingerprint density at radius 1 is 1.33 bits per heavy atom. The van der Waals surface area contributed by atoms with Crippen LogP contribution in [0.5, 0.6) is 0 Å². The second kappa shape index (κ2) is 6.96. The molecule has 0 saturated heterocycles. The average molecular weight is 357 g/mol. The third-order valence-electron chi connectivity index (χ3n) is 4.09. The van der Waals surface area contributed by atoms with E-state index in [1.54, 1.807) is 0 Å². The summed E-state index contributed by atoms with van der Waals surface area (Å²) in [7, 11) is 0. The fourth-order valence-electron chi connectivity index (χ4n) is 3.02. The maximum atomic E-state index is 13.1. The van der Waals surface area contributed by atoms with Gasteiger partial charge in [0, 0.05) is 22.7 Å². The van der Waals surface area contributed by atoms with Crippen molar-refractivity contribution in [3.63, 3.8) is 0 Å². The third kappa shape index (κ3) is 3.80. The minimum atomic E-state index is -4.42. The number of hydrogen-bond acceptors (Lipinski definition) is 3. The zero-order valence-electron chi connectivity index (χ0n) is 13.0. The van der Waals surface area contributed by atoms with Crippen molar-refractivity contribution in [3.05, 3.63) is 39.3 Å². The van der Waals surface area contributed by atoms with Crippen LogP contribution in [0.4, 0.5) is 13.2 Å². The van der Waals surface area contributed by atoms with Gasteiger partial charge in [-0.05, 0) is 37.1 Å². The number of rotatable bonds is 5. The molecule has 3 rings (SSSR count). The molecule has 0 aliphatic heterocycles. The van der Waals surface area contributed by atoms with Gasteiger partial charge in [0.15, 0.2) is 5.69 Å². The molecule has 1 aliphatic carbocycles. The van der Waals surface area contributed by atoms with Crippen LogP contribution in [0.25, 0.3) is 0 Å². The van der Waals surface area contributed by atoms with Crippen molar-refractivity contribution in [3.8, 4) is 0 Å². The zero-order chi connectivity index (χ0) is 17.2. The summed E-state index contributed by atoms with van der Waals surface area (Å²) in [6.07, 6.45) is -1.45. The Morgan fingerprint density at radius 2 is 2.12 bits per heavy atom. The van der Waals surface area contributed by atoms with Gasteiger partial charge in [-0.2, -0.15) is 18.3 Å². The minimum Gasteiger partial charge on any atom is -0.354 e. The van der Waals surface area contributed by atoms with Gasteiger partial charge in [0.2, 0.25) is 5.91 Å². The number of alkyl halides is 3. The van der Waals surface area contributed by atoms with Crippen molar-refractivity contribution < 1.29 is 18.0 Å². The Kier molecular flexibility index (Phi) is 4.93. The summed E-state index contributed by atoms with van der Waals surface area (Å²) >= 11 is 1.50. The van der Waals surface area contributed by atoms with E-state index in [-0.39, 0.29) is 19.0 Å². The number of thiophene rings is 1. The van der Waals surface area contributed by atoms with Gasteiger partial charge in [0.05, 0.1) is 13.0 Å². The molecule has 1 aliphatic rings. The molecule has 0 spiro atoms. The van der Waals surface area contributed by atoms with Crippen LogP contribution in [0.15, 0.2) is 17.5 Å². The summed E-state index contributed by atoms with van der Waals surface area (Å²) in [5.41, 5.74) is 0.238. The highest BCUT2D eigenvalue weighted by Gasteiger charge is 2.39. The van der Waals surface area contributed by atoms with Crippen molar-refractivity contribution >= 4 is 17.2 Å². The molecule has 0 unspecified atom stereocenters. The highest BCUT2D eigenvalue weighted by atomic mass is 32.1. The molecule has 1 N–H and O–H groups in total. The lowest BCUT2D eigenvalue weighted by Gasteiger charge is -2.14. The predicted octanol–water partition coefficient (Wildman–Crippen LogP) is 3.20. The Labute approximate surface area is 141 Å². The summed E-state index contributed by atoms with van der Waals surface area (Å²) in [4.78, 5) is 12.8. The summed E-state index contributed by atoms with van der Waals surface area (Å²) in [5.74, 6) is -0.130. The number of carbonyl (C=O) groups excluding carboxylic acids is 1. The molecule has 2 aromatic rings. The van der Waals surface area contributed by atoms with Crippen LogP contribution in [0.2, 0.25) is 0 Å². The van der Waals surface area contributed by atoms with E-state index in [0.717, 1.165) is 17.7 Å². The number of carbonyl (C=O) groups is 1. The number of halogens is 3. The standard InChI is InChI=1S/C16H18F3N3OS/c17-16(18,19)15-12-5-1-2-6-13(12)22(21-15)8-7-20-14(23)10-11-4-3-9-24-11/h3-4,9H,1-2,5-8,10H2,(H,20,23). The van der Waals surface area contributed by atoms with E-state index in [4.69, 9.17) is 0 Å². The normalized spacial score (nSPS) is 14.5. The number of nitrogens with zero attached hydrogens (tertiary/aromatic N) is 2. The van der Waals surface area contributed by atoms with Gasteiger partial charge in [0.1, 0.15) is 0 Å². The topological polar surface area (TPSA) is 46.9 Å². The van der Waals surface area contributed by atoms with E-state index in [9.17, 15) is 18.0 Å². The molecule has 130 valence electrons. The first-order chi connectivity index (χ1) is 11.4. The maximum Gasteiger partial charge on any atom is 0.435 e. The quantitative estimate of drug-likeness (QED) is 0.893. The van der Waals surface area contributed by atoms with Gasteiger partial charge in [0.25, 0.3) is 0 Å². The smallest absolute Gasteiger partial charge is 0.354 e. The van der Waals surface area contributed by atoms with Gasteiger partial charge in [-0.1, -0.05) is 6.07 Å². The number of nitrogens with one attached hydrogen (secondary N) is 1. The van der Waals surface area contributed by atoms with Crippen molar-refractivity contribution in [1.82, 2.24) is 15.1 Å². The first-order valence-corrected chi connectivity index (χ1v) is 8.78. The van der Waals surface area contributed by atoms with E-state index in [2.05, 4.69) is 10.4 Å². The summed E-state index contributed by atoms with van der Waals surface area (Å²) in [6, 6.07) is 3.76. The average Bonchev–Trinajstić information content (AvgIpc) is 3.15. The monoisotopic (exact) mass is 357 g/mol. The highest BCUT2D eigenvalue weighted by Crippen LogP contribution is 2.35. The fraction of sp³-hybridized carbons (Fsp3) is 0.500. The van der Waals surface area contributed by atoms with Gasteiger partial charge in [-0.25, -0.2) is 0 Å². The number of fused-ring (bicyclic) bond motifs is 1. The minimum absolute atomic E-state index is 0.130. The second-order valence-electron chi connectivity index (χ2n) is 5.81. The molecule has 2 aromatic heterocycles. The molecule has 0 radical (unpaired) electrons. The molecule has 24 heavy (non-hydrogen) atoms. The summed E-state index contributed by atoms with van der Waals surface area (Å²) in [5, 5.41) is 8.43. The number of hydrogen-bond donors (Lipinski definition) is 1. The zero-order valence-corrected chi connectivity index (χ0v) is 13.8. The van der Waals surface area contributed by atoms with Crippen molar-refractivity contribution in [2.75, 3.05) is 6.54 Å². The van der Waals surface area contributed by atoms with Gasteiger partial charge < -0.3 is 5.32 Å². The second-order valence-corrected chi connectivity index (χ2v) is 6.84. The predicted molar refractivity (Wildman–Crippen MR) is 84.9 cm³/mol. The van der Waals surface area contributed by atoms with Crippen LogP contribution in [0.3, 0.4) is 0 Å². The van der Waals surface area contributed by atoms with Crippen LogP contribution >= 0.6 is 11.3 Å². The van der Waals surface area contributed by atoms with Crippen LogP contribution in [-0.2, 0) is 36.8 Å². The Morgan fingerprint density at radius 3 is 2.83 bits per heavy atom. The molecule has 0 fully saturated rings. The lowest BCUT2D eigenvalue weighted by molar-refractivity contribution is -0.142. The molecule has 4 nitrogen and oxygen atoms in total. The van der Waals surface area contributed by atoms with Crippen molar-refractivity contribution in [2.24, 2.45) is 0 Å². The van der Waals surface area contributed by atoms with E-state index in [1.807, 2.05) is 17.5 Å². The SMILES string of the molecule is O=C(Cc1cccs1)NCCn1nc(C(F)(F)F)c2c1CCCC2. The number of aromatic nitrogens is 2. The van der Waals surface area contributed by atoms with Crippen LogP contribution < -0.4 is 5.32 Å². The van der Waals surface area contributed by atoms with Gasteiger partial charge in [-0.15, -0.1) is 11.3 Å². The third-order valence-corrected chi connectivity index (χ3v) is 4.96. The Hall–Kier alpha value is -1.83. The van der Waals surface area contributed by atoms with E-state index < -0.39 is 11.9 Å². The molecule has 1 amide bonds. The fourth-order valence-corrected chi connectivity index (χ4v) is 3.72. The molecule has 0 saturated carbocycles. The summed E-state index contributed by atoms with van der Waals surface area (Å²) in [6.45, 7) is 0.532. The van der Waals surface area contributed by atoms with Crippen LogP contribution in [0.1, 0.15) is 34.7 Å². The van der Waals surface area contributed by atoms with Crippen LogP contribution in [0, 0.1) is 0 Å². The van der Waals surface area contributed by atoms with E-state index in [0.29, 0.717) is 30.5 Å². The lowest BCUT2D eigenvalue weighted by Crippen LogP contribution is -2.29. The van der Waals surface area contributed by atoms with Gasteiger partial charge >= 0.3 is 6.18 Å². The van der Waals surface area contributed by atoms with Crippen molar-refractivity contribution in [2.45, 2.75) is 44.8 Å². The van der Waals surface area contributed by atoms with Crippen LogP contribution in [-0.4, -0.2) is 22.2 Å². The largest absolute Gasteiger partial charge is 0.435 e. The first-order valence-electron chi connectivity index (χ1n) is 7.90. The van der Waals surface area contributed by atoms with Gasteiger partial charge in [-0.3, -0.25) is 9.48 Å². The maximum absolute atomic E-state index is 13.1. The molecule has 2 heterocycles. The molecule has 8 heteroatoms. The van der Waals surface area contributed by atoms with E-state index in [1.165, 1.54) is 16.0 Å².